The molecule has 0 saturated carbocycles. The van der Waals surface area contributed by atoms with Gasteiger partial charge in [-0.1, -0.05) is 23.7 Å². The van der Waals surface area contributed by atoms with Crippen molar-refractivity contribution in [1.82, 2.24) is 9.97 Å². The summed E-state index contributed by atoms with van der Waals surface area (Å²) in [6, 6.07) is 12.8. The van der Waals surface area contributed by atoms with Crippen molar-refractivity contribution in [3.8, 4) is 0 Å². The third kappa shape index (κ3) is 2.51. The highest BCUT2D eigenvalue weighted by Gasteiger charge is 2.10. The molecule has 1 aromatic heterocycles. The van der Waals surface area contributed by atoms with Crippen molar-refractivity contribution in [2.24, 2.45) is 0 Å². The van der Waals surface area contributed by atoms with Crippen LogP contribution in [-0.2, 0) is 0 Å². The molecule has 0 fully saturated rings. The summed E-state index contributed by atoms with van der Waals surface area (Å²) in [5.41, 5.74) is 3.14. The number of halogens is 1. The first-order chi connectivity index (χ1) is 9.61. The van der Waals surface area contributed by atoms with E-state index in [-0.39, 0.29) is 5.91 Å². The minimum atomic E-state index is -0.241. The Morgan fingerprint density at radius 1 is 1.25 bits per heavy atom. The molecular weight excluding hydrogens is 274 g/mol. The Hall–Kier alpha value is -2.33. The maximum absolute atomic E-state index is 12.2. The van der Waals surface area contributed by atoms with Gasteiger partial charge < -0.3 is 4.98 Å². The van der Waals surface area contributed by atoms with Crippen LogP contribution < -0.4 is 5.32 Å². The number of H-pyrrole nitrogens is 1. The van der Waals surface area contributed by atoms with Crippen LogP contribution in [0.2, 0.25) is 5.02 Å². The highest BCUT2D eigenvalue weighted by Crippen LogP contribution is 2.17. The second-order valence-corrected chi connectivity index (χ2v) is 5.01. The average molecular weight is 286 g/mol. The van der Waals surface area contributed by atoms with E-state index in [1.807, 2.05) is 31.2 Å². The van der Waals surface area contributed by atoms with E-state index in [2.05, 4.69) is 15.3 Å². The molecule has 20 heavy (non-hydrogen) atoms. The molecule has 100 valence electrons. The molecule has 1 amide bonds. The van der Waals surface area contributed by atoms with E-state index in [9.17, 15) is 4.79 Å². The zero-order valence-corrected chi connectivity index (χ0v) is 11.5. The molecule has 3 aromatic rings. The molecule has 2 aromatic carbocycles. The lowest BCUT2D eigenvalue weighted by Gasteiger charge is -2.03. The molecule has 1 heterocycles. The number of nitrogens with one attached hydrogen (secondary N) is 2. The predicted octanol–water partition coefficient (Wildman–Crippen LogP) is 3.78. The molecule has 0 radical (unpaired) electrons. The van der Waals surface area contributed by atoms with Gasteiger partial charge in [-0.05, 0) is 42.8 Å². The number of hydrogen-bond acceptors (Lipinski definition) is 2. The lowest BCUT2D eigenvalue weighted by atomic mass is 10.1. The zero-order valence-electron chi connectivity index (χ0n) is 10.8. The minimum absolute atomic E-state index is 0.241. The first kappa shape index (κ1) is 12.7. The second kappa shape index (κ2) is 4.98. The number of aromatic amines is 1. The van der Waals surface area contributed by atoms with Crippen LogP contribution in [0.4, 0.5) is 5.95 Å². The van der Waals surface area contributed by atoms with E-state index in [0.29, 0.717) is 16.5 Å². The number of fused-ring (bicyclic) bond motifs is 1. The summed E-state index contributed by atoms with van der Waals surface area (Å²) < 4.78 is 0. The van der Waals surface area contributed by atoms with Gasteiger partial charge in [0.1, 0.15) is 0 Å². The largest absolute Gasteiger partial charge is 0.324 e. The number of nitrogens with zero attached hydrogens (tertiary/aromatic N) is 1. The van der Waals surface area contributed by atoms with Gasteiger partial charge in [0, 0.05) is 10.6 Å². The number of amides is 1. The van der Waals surface area contributed by atoms with E-state index in [1.165, 1.54) is 0 Å². The smallest absolute Gasteiger partial charge is 0.258 e. The van der Waals surface area contributed by atoms with Crippen molar-refractivity contribution in [2.75, 3.05) is 5.32 Å². The van der Waals surface area contributed by atoms with E-state index < -0.39 is 0 Å². The Morgan fingerprint density at radius 2 is 2.05 bits per heavy atom. The van der Waals surface area contributed by atoms with Crippen LogP contribution in [0.15, 0.2) is 42.5 Å². The summed E-state index contributed by atoms with van der Waals surface area (Å²) >= 11 is 5.96. The van der Waals surface area contributed by atoms with Crippen LogP contribution in [-0.4, -0.2) is 15.9 Å². The van der Waals surface area contributed by atoms with Gasteiger partial charge >= 0.3 is 0 Å². The van der Waals surface area contributed by atoms with Gasteiger partial charge in [-0.25, -0.2) is 4.98 Å². The summed E-state index contributed by atoms with van der Waals surface area (Å²) in [6.07, 6.45) is 0. The number of carbonyl (C=O) groups is 1. The maximum atomic E-state index is 12.2. The highest BCUT2D eigenvalue weighted by atomic mass is 35.5. The number of anilines is 1. The molecule has 0 atom stereocenters. The summed E-state index contributed by atoms with van der Waals surface area (Å²) in [4.78, 5) is 19.5. The van der Waals surface area contributed by atoms with Crippen LogP contribution in [0.1, 0.15) is 15.9 Å². The maximum Gasteiger partial charge on any atom is 0.258 e. The molecule has 0 aliphatic rings. The fourth-order valence-corrected chi connectivity index (χ4v) is 2.35. The fourth-order valence-electron chi connectivity index (χ4n) is 2.06. The van der Waals surface area contributed by atoms with Gasteiger partial charge in [0.15, 0.2) is 0 Å². The molecule has 3 rings (SSSR count). The quantitative estimate of drug-likeness (QED) is 0.753. The Labute approximate surface area is 120 Å². The van der Waals surface area contributed by atoms with Gasteiger partial charge in [0.2, 0.25) is 5.95 Å². The monoisotopic (exact) mass is 285 g/mol. The van der Waals surface area contributed by atoms with Gasteiger partial charge in [-0.2, -0.15) is 0 Å². The van der Waals surface area contributed by atoms with Gasteiger partial charge in [-0.15, -0.1) is 0 Å². The first-order valence-electron chi connectivity index (χ1n) is 6.15. The van der Waals surface area contributed by atoms with Gasteiger partial charge in [0.05, 0.1) is 11.0 Å². The van der Waals surface area contributed by atoms with E-state index in [1.54, 1.807) is 18.2 Å². The van der Waals surface area contributed by atoms with E-state index in [4.69, 9.17) is 11.6 Å². The second-order valence-electron chi connectivity index (χ2n) is 4.57. The van der Waals surface area contributed by atoms with Crippen molar-refractivity contribution in [1.29, 1.82) is 0 Å². The molecule has 5 heteroatoms. The molecule has 0 aliphatic heterocycles. The van der Waals surface area contributed by atoms with E-state index >= 15 is 0 Å². The molecule has 0 saturated heterocycles. The number of hydrogen-bond donors (Lipinski definition) is 2. The Kier molecular flexibility index (Phi) is 3.16. The number of carbonyl (C=O) groups excluding carboxylic acids is 1. The molecule has 4 nitrogen and oxygen atoms in total. The third-order valence-corrected chi connectivity index (χ3v) is 3.14. The van der Waals surface area contributed by atoms with E-state index in [0.717, 1.165) is 16.6 Å². The minimum Gasteiger partial charge on any atom is -0.324 e. The first-order valence-corrected chi connectivity index (χ1v) is 6.53. The lowest BCUT2D eigenvalue weighted by molar-refractivity contribution is 0.102. The highest BCUT2D eigenvalue weighted by molar-refractivity contribution is 6.31. The topological polar surface area (TPSA) is 57.8 Å². The lowest BCUT2D eigenvalue weighted by Crippen LogP contribution is -2.13. The van der Waals surface area contributed by atoms with Crippen LogP contribution in [0.3, 0.4) is 0 Å². The molecule has 2 N–H and O–H groups in total. The number of benzene rings is 2. The standard InChI is InChI=1S/C15H12ClN3O/c1-9-6-10(8-11(16)7-9)14(20)19-15-17-12-4-2-3-5-13(12)18-15/h2-8H,1H3,(H2,17,18,19,20). The van der Waals surface area contributed by atoms with Crippen LogP contribution >= 0.6 is 11.6 Å². The van der Waals surface area contributed by atoms with Gasteiger partial charge in [-0.3, -0.25) is 10.1 Å². The summed E-state index contributed by atoms with van der Waals surface area (Å²) in [7, 11) is 0. The average Bonchev–Trinajstić information content (AvgIpc) is 2.79. The number of para-hydroxylation sites is 2. The van der Waals surface area contributed by atoms with Crippen molar-refractivity contribution in [3.63, 3.8) is 0 Å². The number of imidazole rings is 1. The van der Waals surface area contributed by atoms with Crippen molar-refractivity contribution < 1.29 is 4.79 Å². The predicted molar refractivity (Wildman–Crippen MR) is 80.2 cm³/mol. The number of rotatable bonds is 2. The normalized spacial score (nSPS) is 10.7. The molecule has 0 bridgehead atoms. The summed E-state index contributed by atoms with van der Waals surface area (Å²) in [6.45, 7) is 1.89. The molecule has 0 aliphatic carbocycles. The fraction of sp³-hybridized carbons (Fsp3) is 0.0667. The van der Waals surface area contributed by atoms with Crippen LogP contribution in [0, 0.1) is 6.92 Å². The Morgan fingerprint density at radius 3 is 2.80 bits per heavy atom. The third-order valence-electron chi connectivity index (χ3n) is 2.93. The number of aromatic nitrogens is 2. The summed E-state index contributed by atoms with van der Waals surface area (Å²) in [5, 5.41) is 3.28. The number of aryl methyl sites for hydroxylation is 1. The van der Waals surface area contributed by atoms with Crippen LogP contribution in [0.5, 0.6) is 0 Å². The zero-order chi connectivity index (χ0) is 14.1. The molecular formula is C15H12ClN3O. The van der Waals surface area contributed by atoms with Gasteiger partial charge in [0.25, 0.3) is 5.91 Å². The SMILES string of the molecule is Cc1cc(Cl)cc(C(=O)Nc2nc3ccccc3[nH]2)c1. The summed E-state index contributed by atoms with van der Waals surface area (Å²) in [5.74, 6) is 0.184. The molecule has 0 unspecified atom stereocenters. The van der Waals surface area contributed by atoms with Crippen molar-refractivity contribution >= 4 is 34.5 Å². The van der Waals surface area contributed by atoms with Crippen molar-refractivity contribution in [2.45, 2.75) is 6.92 Å². The van der Waals surface area contributed by atoms with Crippen molar-refractivity contribution in [3.05, 3.63) is 58.6 Å². The van der Waals surface area contributed by atoms with Crippen LogP contribution in [0.25, 0.3) is 11.0 Å². The Bertz CT molecular complexity index is 741. The Balaban J connectivity index is 1.88. The molecule has 0 spiro atoms.